The second-order valence-corrected chi connectivity index (χ2v) is 7.31. The second kappa shape index (κ2) is 8.87. The average Bonchev–Trinajstić information content (AvgIpc) is 3.29. The molecule has 0 amide bonds. The summed E-state index contributed by atoms with van der Waals surface area (Å²) < 4.78 is 7.82. The molecule has 2 fully saturated rings. The first-order valence-corrected chi connectivity index (χ1v) is 9.87. The number of tetrazole rings is 1. The number of hydrogen-bond donors (Lipinski definition) is 2. The summed E-state index contributed by atoms with van der Waals surface area (Å²) in [4.78, 5) is 3.40. The molecule has 2 atom stereocenters. The molecule has 0 bridgehead atoms. The minimum Gasteiger partial charge on any atom is -0.376 e. The van der Waals surface area contributed by atoms with E-state index >= 15 is 0 Å². The van der Waals surface area contributed by atoms with Crippen LogP contribution in [0.25, 0.3) is 0 Å². The van der Waals surface area contributed by atoms with E-state index in [1.54, 1.807) is 9.80 Å². The van der Waals surface area contributed by atoms with Crippen molar-refractivity contribution in [2.45, 2.75) is 64.6 Å². The first-order valence-electron chi connectivity index (χ1n) is 9.87. The van der Waals surface area contributed by atoms with Crippen molar-refractivity contribution in [2.75, 3.05) is 39.3 Å². The Bertz CT molecular complexity index is 479. The summed E-state index contributed by atoms with van der Waals surface area (Å²) in [6.45, 7) is 12.5. The standard InChI is InChI=1S/C17H32N6O/c1-3-5-8-16(22-11-9-21(4-2)10-12-22)17-18-19-20-23(17)14-15-7-6-13-24-15/h15-16H,3-14H2,1-2H3/p+2/t15-,16+/m0/s1. The number of hydrogen-bond acceptors (Lipinski definition) is 4. The van der Waals surface area contributed by atoms with E-state index in [-0.39, 0.29) is 6.10 Å². The molecule has 7 heteroatoms. The molecule has 2 aliphatic rings. The van der Waals surface area contributed by atoms with Crippen molar-refractivity contribution in [3.8, 4) is 0 Å². The van der Waals surface area contributed by atoms with Crippen LogP contribution in [0.15, 0.2) is 0 Å². The van der Waals surface area contributed by atoms with Gasteiger partial charge >= 0.3 is 0 Å². The number of unbranched alkanes of at least 4 members (excludes halogenated alkanes) is 1. The normalized spacial score (nSPS) is 29.0. The number of nitrogens with zero attached hydrogens (tertiary/aromatic N) is 4. The van der Waals surface area contributed by atoms with Crippen LogP contribution in [0, 0.1) is 0 Å². The summed E-state index contributed by atoms with van der Waals surface area (Å²) in [7, 11) is 0. The van der Waals surface area contributed by atoms with Crippen molar-refractivity contribution in [1.29, 1.82) is 0 Å². The molecule has 0 radical (unpaired) electrons. The van der Waals surface area contributed by atoms with E-state index < -0.39 is 0 Å². The largest absolute Gasteiger partial charge is 0.376 e. The molecule has 3 heterocycles. The highest BCUT2D eigenvalue weighted by atomic mass is 16.5. The Morgan fingerprint density at radius 1 is 1.25 bits per heavy atom. The zero-order valence-corrected chi connectivity index (χ0v) is 15.3. The third-order valence-electron chi connectivity index (χ3n) is 5.71. The number of piperazine rings is 1. The number of nitrogens with one attached hydrogen (secondary N) is 2. The van der Waals surface area contributed by atoms with Gasteiger partial charge in [0, 0.05) is 13.0 Å². The molecule has 0 saturated carbocycles. The van der Waals surface area contributed by atoms with Gasteiger partial charge in [-0.15, -0.1) is 5.10 Å². The quantitative estimate of drug-likeness (QED) is 0.631. The van der Waals surface area contributed by atoms with E-state index in [2.05, 4.69) is 29.4 Å². The van der Waals surface area contributed by atoms with Crippen molar-refractivity contribution >= 4 is 0 Å². The Hall–Kier alpha value is -1.05. The zero-order valence-electron chi connectivity index (χ0n) is 15.3. The average molecular weight is 339 g/mol. The molecule has 2 N–H and O–H groups in total. The minimum atomic E-state index is 0.287. The molecular formula is C17H34N6O+2. The summed E-state index contributed by atoms with van der Waals surface area (Å²) >= 11 is 0. The maximum atomic E-state index is 5.79. The fraction of sp³-hybridized carbons (Fsp3) is 0.941. The lowest BCUT2D eigenvalue weighted by Crippen LogP contribution is -3.28. The third-order valence-corrected chi connectivity index (χ3v) is 5.71. The molecule has 2 aliphatic heterocycles. The highest BCUT2D eigenvalue weighted by Crippen LogP contribution is 2.18. The first kappa shape index (κ1) is 17.8. The zero-order chi connectivity index (χ0) is 16.8. The van der Waals surface area contributed by atoms with Crippen molar-refractivity contribution in [1.82, 2.24) is 20.2 Å². The van der Waals surface area contributed by atoms with Crippen molar-refractivity contribution < 1.29 is 14.5 Å². The van der Waals surface area contributed by atoms with Crippen LogP contribution in [-0.4, -0.2) is 65.6 Å². The molecule has 136 valence electrons. The van der Waals surface area contributed by atoms with Crippen LogP contribution in [0.1, 0.15) is 57.8 Å². The summed E-state index contributed by atoms with van der Waals surface area (Å²) in [5.41, 5.74) is 0. The van der Waals surface area contributed by atoms with Gasteiger partial charge in [0.05, 0.1) is 19.2 Å². The van der Waals surface area contributed by atoms with Crippen LogP contribution >= 0.6 is 0 Å². The fourth-order valence-corrected chi connectivity index (χ4v) is 4.12. The number of quaternary nitrogens is 2. The monoisotopic (exact) mass is 338 g/mol. The molecule has 0 aliphatic carbocycles. The third kappa shape index (κ3) is 4.32. The number of likely N-dealkylation sites (N-methyl/N-ethyl adjacent to an activating group) is 1. The Morgan fingerprint density at radius 2 is 2.08 bits per heavy atom. The van der Waals surface area contributed by atoms with Gasteiger partial charge in [0.15, 0.2) is 0 Å². The SMILES string of the molecule is CCCC[C@H](c1nnnn1C[C@@H]1CCCO1)[NH+]1CC[NH+](CC)CC1. The molecule has 3 rings (SSSR count). The van der Waals surface area contributed by atoms with Crippen molar-refractivity contribution in [3.05, 3.63) is 5.82 Å². The van der Waals surface area contributed by atoms with Gasteiger partial charge in [-0.05, 0) is 36.6 Å². The van der Waals surface area contributed by atoms with Gasteiger partial charge < -0.3 is 14.5 Å². The molecule has 1 aromatic heterocycles. The lowest BCUT2D eigenvalue weighted by atomic mass is 10.1. The van der Waals surface area contributed by atoms with Crippen LogP contribution in [0.3, 0.4) is 0 Å². The molecule has 0 unspecified atom stereocenters. The predicted molar refractivity (Wildman–Crippen MR) is 91.0 cm³/mol. The Balaban J connectivity index is 1.70. The van der Waals surface area contributed by atoms with Gasteiger partial charge in [0.25, 0.3) is 0 Å². The van der Waals surface area contributed by atoms with E-state index in [9.17, 15) is 0 Å². The van der Waals surface area contributed by atoms with Gasteiger partial charge in [0.1, 0.15) is 32.2 Å². The topological polar surface area (TPSA) is 61.7 Å². The molecule has 1 aromatic rings. The van der Waals surface area contributed by atoms with E-state index in [1.807, 2.05) is 4.68 Å². The van der Waals surface area contributed by atoms with Crippen LogP contribution in [-0.2, 0) is 11.3 Å². The summed E-state index contributed by atoms with van der Waals surface area (Å²) in [5.74, 6) is 1.08. The van der Waals surface area contributed by atoms with Gasteiger partial charge in [0.2, 0.25) is 5.82 Å². The summed E-state index contributed by atoms with van der Waals surface area (Å²) in [6, 6.07) is 0.430. The predicted octanol–water partition coefficient (Wildman–Crippen LogP) is -1.11. The fourth-order valence-electron chi connectivity index (χ4n) is 4.12. The molecule has 0 aromatic carbocycles. The first-order chi connectivity index (χ1) is 11.8. The maximum Gasteiger partial charge on any atom is 0.209 e. The number of rotatable bonds is 8. The van der Waals surface area contributed by atoms with Crippen LogP contribution in [0.2, 0.25) is 0 Å². The van der Waals surface area contributed by atoms with Crippen LogP contribution in [0.5, 0.6) is 0 Å². The van der Waals surface area contributed by atoms with Crippen LogP contribution in [0.4, 0.5) is 0 Å². The van der Waals surface area contributed by atoms with Gasteiger partial charge in [-0.2, -0.15) is 0 Å². The molecule has 0 spiro atoms. The molecule has 24 heavy (non-hydrogen) atoms. The Morgan fingerprint density at radius 3 is 2.75 bits per heavy atom. The maximum absolute atomic E-state index is 5.79. The van der Waals surface area contributed by atoms with Gasteiger partial charge in [-0.25, -0.2) is 4.68 Å². The Labute approximate surface area is 145 Å². The van der Waals surface area contributed by atoms with Gasteiger partial charge in [-0.1, -0.05) is 13.3 Å². The molecule has 2 saturated heterocycles. The van der Waals surface area contributed by atoms with Gasteiger partial charge in [-0.3, -0.25) is 0 Å². The number of ether oxygens (including phenoxy) is 1. The number of aromatic nitrogens is 4. The lowest BCUT2D eigenvalue weighted by Gasteiger charge is -2.33. The van der Waals surface area contributed by atoms with E-state index in [4.69, 9.17) is 4.74 Å². The second-order valence-electron chi connectivity index (χ2n) is 7.31. The highest BCUT2D eigenvalue weighted by Gasteiger charge is 2.34. The van der Waals surface area contributed by atoms with E-state index in [1.165, 1.54) is 52.0 Å². The van der Waals surface area contributed by atoms with E-state index in [0.29, 0.717) is 6.04 Å². The van der Waals surface area contributed by atoms with Crippen LogP contribution < -0.4 is 9.80 Å². The molecular weight excluding hydrogens is 304 g/mol. The Kier molecular flexibility index (Phi) is 6.57. The summed E-state index contributed by atoms with van der Waals surface area (Å²) in [5, 5.41) is 12.7. The minimum absolute atomic E-state index is 0.287. The van der Waals surface area contributed by atoms with Crippen molar-refractivity contribution in [3.63, 3.8) is 0 Å². The highest BCUT2D eigenvalue weighted by molar-refractivity contribution is 4.88. The summed E-state index contributed by atoms with van der Waals surface area (Å²) in [6.07, 6.45) is 6.22. The molecule has 7 nitrogen and oxygen atoms in total. The smallest absolute Gasteiger partial charge is 0.209 e. The van der Waals surface area contributed by atoms with E-state index in [0.717, 1.165) is 31.8 Å². The van der Waals surface area contributed by atoms with Crippen molar-refractivity contribution in [2.24, 2.45) is 0 Å². The lowest BCUT2D eigenvalue weighted by molar-refractivity contribution is -1.03.